The van der Waals surface area contributed by atoms with Gasteiger partial charge in [-0.2, -0.15) is 5.10 Å². The average molecular weight is 353 g/mol. The molecule has 0 unspecified atom stereocenters. The molecule has 1 aromatic heterocycles. The molecule has 4 rings (SSSR count). The number of hydrogen-bond donors (Lipinski definition) is 1. The van der Waals surface area contributed by atoms with Crippen molar-refractivity contribution < 1.29 is 9.53 Å². The highest BCUT2D eigenvalue weighted by Gasteiger charge is 2.27. The van der Waals surface area contributed by atoms with E-state index in [1.54, 1.807) is 0 Å². The van der Waals surface area contributed by atoms with Crippen LogP contribution >= 0.6 is 0 Å². The lowest BCUT2D eigenvalue weighted by Crippen LogP contribution is -2.27. The Hall–Kier alpha value is -2.14. The zero-order chi connectivity index (χ0) is 17.9. The summed E-state index contributed by atoms with van der Waals surface area (Å²) in [6.07, 6.45) is 4.81. The minimum Gasteiger partial charge on any atom is -0.376 e. The van der Waals surface area contributed by atoms with Gasteiger partial charge in [0.15, 0.2) is 0 Å². The lowest BCUT2D eigenvalue weighted by molar-refractivity contribution is -0.120. The fourth-order valence-electron chi connectivity index (χ4n) is 3.55. The van der Waals surface area contributed by atoms with Crippen LogP contribution in [0.5, 0.6) is 0 Å². The third-order valence-electron chi connectivity index (χ3n) is 5.28. The Morgan fingerprint density at radius 3 is 2.88 bits per heavy atom. The smallest absolute Gasteiger partial charge is 0.224 e. The van der Waals surface area contributed by atoms with Crippen LogP contribution in [-0.2, 0) is 41.9 Å². The van der Waals surface area contributed by atoms with Crippen molar-refractivity contribution >= 4 is 5.91 Å². The highest BCUT2D eigenvalue weighted by atomic mass is 16.5. The van der Waals surface area contributed by atoms with E-state index in [9.17, 15) is 4.79 Å². The number of aromatic nitrogens is 2. The van der Waals surface area contributed by atoms with Gasteiger partial charge in [-0.1, -0.05) is 29.8 Å². The number of carbonyl (C=O) groups is 1. The van der Waals surface area contributed by atoms with E-state index in [4.69, 9.17) is 9.84 Å². The van der Waals surface area contributed by atoms with Gasteiger partial charge >= 0.3 is 0 Å². The van der Waals surface area contributed by atoms with E-state index in [0.717, 1.165) is 43.2 Å². The van der Waals surface area contributed by atoms with Crippen LogP contribution in [-0.4, -0.2) is 28.8 Å². The van der Waals surface area contributed by atoms with Crippen molar-refractivity contribution in [1.82, 2.24) is 15.1 Å². The second kappa shape index (κ2) is 7.62. The number of aryl methyl sites for hydroxylation is 1. The number of fused-ring (bicyclic) bond motifs is 1. The first-order valence-corrected chi connectivity index (χ1v) is 9.66. The summed E-state index contributed by atoms with van der Waals surface area (Å²) >= 11 is 0. The average Bonchev–Trinajstić information content (AvgIpc) is 3.39. The predicted octanol–water partition coefficient (Wildman–Crippen LogP) is 2.58. The molecule has 0 spiro atoms. The van der Waals surface area contributed by atoms with Crippen LogP contribution < -0.4 is 5.32 Å². The van der Waals surface area contributed by atoms with Crippen LogP contribution in [0.3, 0.4) is 0 Å². The molecule has 5 nitrogen and oxygen atoms in total. The van der Waals surface area contributed by atoms with Crippen molar-refractivity contribution in [3.8, 4) is 0 Å². The summed E-state index contributed by atoms with van der Waals surface area (Å²) in [7, 11) is 0. The molecular formula is C21H27N3O2. The maximum Gasteiger partial charge on any atom is 0.224 e. The molecule has 1 N–H and O–H groups in total. The largest absolute Gasteiger partial charge is 0.376 e. The van der Waals surface area contributed by atoms with Gasteiger partial charge in [-0.25, -0.2) is 0 Å². The topological polar surface area (TPSA) is 56.2 Å². The SMILES string of the molecule is Cc1ccc(CC(=O)NCCc2nn(CC3CC3)c3c2COCC3)cc1. The number of rotatable bonds is 7. The molecule has 2 heterocycles. The van der Waals surface area contributed by atoms with Gasteiger partial charge in [0, 0.05) is 37.2 Å². The number of amides is 1. The van der Waals surface area contributed by atoms with Crippen molar-refractivity contribution in [2.45, 2.75) is 52.2 Å². The summed E-state index contributed by atoms with van der Waals surface area (Å²) in [5.41, 5.74) is 5.96. The molecule has 0 radical (unpaired) electrons. The first-order chi connectivity index (χ1) is 12.7. The molecule has 1 aliphatic carbocycles. The summed E-state index contributed by atoms with van der Waals surface area (Å²) < 4.78 is 7.85. The number of benzene rings is 1. The van der Waals surface area contributed by atoms with E-state index in [2.05, 4.69) is 16.9 Å². The van der Waals surface area contributed by atoms with Crippen LogP contribution in [0.1, 0.15) is 40.9 Å². The minimum absolute atomic E-state index is 0.0661. The minimum atomic E-state index is 0.0661. The van der Waals surface area contributed by atoms with Gasteiger partial charge in [-0.15, -0.1) is 0 Å². The Bertz CT molecular complexity index is 775. The van der Waals surface area contributed by atoms with Gasteiger partial charge < -0.3 is 10.1 Å². The van der Waals surface area contributed by atoms with Crippen molar-refractivity contribution in [2.75, 3.05) is 13.2 Å². The standard InChI is InChI=1S/C21H27N3O2/c1-15-2-4-16(5-3-15)12-21(25)22-10-8-19-18-14-26-11-9-20(18)24(23-19)13-17-6-7-17/h2-5,17H,6-14H2,1H3,(H,22,25). The maximum atomic E-state index is 12.2. The molecule has 5 heteroatoms. The molecule has 0 atom stereocenters. The van der Waals surface area contributed by atoms with Crippen LogP contribution in [0.4, 0.5) is 0 Å². The first-order valence-electron chi connectivity index (χ1n) is 9.66. The molecule has 2 aromatic rings. The number of nitrogens with one attached hydrogen (secondary N) is 1. The van der Waals surface area contributed by atoms with E-state index in [-0.39, 0.29) is 5.91 Å². The van der Waals surface area contributed by atoms with Crippen LogP contribution in [0.2, 0.25) is 0 Å². The molecule has 2 aliphatic rings. The molecule has 1 fully saturated rings. The Balaban J connectivity index is 1.33. The maximum absolute atomic E-state index is 12.2. The molecule has 1 saturated carbocycles. The molecule has 1 aliphatic heterocycles. The lowest BCUT2D eigenvalue weighted by atomic mass is 10.1. The summed E-state index contributed by atoms with van der Waals surface area (Å²) in [6.45, 7) is 5.17. The normalized spacial score (nSPS) is 16.3. The van der Waals surface area contributed by atoms with Crippen molar-refractivity contribution in [3.05, 3.63) is 52.3 Å². The fourth-order valence-corrected chi connectivity index (χ4v) is 3.55. The van der Waals surface area contributed by atoms with Gasteiger partial charge in [-0.05, 0) is 31.2 Å². The van der Waals surface area contributed by atoms with E-state index in [1.807, 2.05) is 24.3 Å². The van der Waals surface area contributed by atoms with Gasteiger partial charge in [0.05, 0.1) is 25.3 Å². The van der Waals surface area contributed by atoms with E-state index in [0.29, 0.717) is 19.6 Å². The summed E-state index contributed by atoms with van der Waals surface area (Å²) in [5, 5.41) is 7.88. The molecular weight excluding hydrogens is 326 g/mol. The van der Waals surface area contributed by atoms with E-state index >= 15 is 0 Å². The molecule has 1 aromatic carbocycles. The second-order valence-electron chi connectivity index (χ2n) is 7.56. The van der Waals surface area contributed by atoms with Crippen LogP contribution in [0.15, 0.2) is 24.3 Å². The second-order valence-corrected chi connectivity index (χ2v) is 7.56. The van der Waals surface area contributed by atoms with Gasteiger partial charge in [0.1, 0.15) is 0 Å². The Morgan fingerprint density at radius 1 is 1.31 bits per heavy atom. The Morgan fingerprint density at radius 2 is 2.12 bits per heavy atom. The summed E-state index contributed by atoms with van der Waals surface area (Å²) in [4.78, 5) is 12.2. The van der Waals surface area contributed by atoms with E-state index < -0.39 is 0 Å². The fraction of sp³-hybridized carbons (Fsp3) is 0.524. The highest BCUT2D eigenvalue weighted by Crippen LogP contribution is 2.32. The van der Waals surface area contributed by atoms with Crippen LogP contribution in [0, 0.1) is 12.8 Å². The van der Waals surface area contributed by atoms with Crippen molar-refractivity contribution in [1.29, 1.82) is 0 Å². The van der Waals surface area contributed by atoms with E-state index in [1.165, 1.54) is 29.7 Å². The predicted molar refractivity (Wildman–Crippen MR) is 99.9 cm³/mol. The summed E-state index contributed by atoms with van der Waals surface area (Å²) in [5.74, 6) is 0.875. The zero-order valence-electron chi connectivity index (χ0n) is 15.5. The molecule has 1 amide bonds. The molecule has 138 valence electrons. The van der Waals surface area contributed by atoms with Gasteiger partial charge in [0.2, 0.25) is 5.91 Å². The lowest BCUT2D eigenvalue weighted by Gasteiger charge is -2.15. The number of ether oxygens (including phenoxy) is 1. The van der Waals surface area contributed by atoms with Gasteiger partial charge in [0.25, 0.3) is 0 Å². The van der Waals surface area contributed by atoms with Crippen molar-refractivity contribution in [2.24, 2.45) is 5.92 Å². The quantitative estimate of drug-likeness (QED) is 0.832. The first kappa shape index (κ1) is 17.3. The van der Waals surface area contributed by atoms with Gasteiger partial charge in [-0.3, -0.25) is 9.48 Å². The molecule has 0 saturated heterocycles. The van der Waals surface area contributed by atoms with Crippen molar-refractivity contribution in [3.63, 3.8) is 0 Å². The third kappa shape index (κ3) is 4.15. The number of hydrogen-bond acceptors (Lipinski definition) is 3. The van der Waals surface area contributed by atoms with Crippen LogP contribution in [0.25, 0.3) is 0 Å². The third-order valence-corrected chi connectivity index (χ3v) is 5.28. The number of carbonyl (C=O) groups excluding carboxylic acids is 1. The molecule has 0 bridgehead atoms. The Labute approximate surface area is 154 Å². The Kier molecular flexibility index (Phi) is 5.07. The highest BCUT2D eigenvalue weighted by molar-refractivity contribution is 5.78. The monoisotopic (exact) mass is 353 g/mol. The zero-order valence-corrected chi connectivity index (χ0v) is 15.5. The molecule has 26 heavy (non-hydrogen) atoms. The summed E-state index contributed by atoms with van der Waals surface area (Å²) in [6, 6.07) is 8.12. The number of nitrogens with zero attached hydrogens (tertiary/aromatic N) is 2.